The molecule has 0 saturated heterocycles. The molecule has 2 aliphatic heterocycles. The first-order valence-corrected chi connectivity index (χ1v) is 37.7. The first kappa shape index (κ1) is 74.4. The molecule has 0 saturated carbocycles. The van der Waals surface area contributed by atoms with Crippen LogP contribution in [0.15, 0.2) is 175 Å². The highest BCUT2D eigenvalue weighted by molar-refractivity contribution is 6.29. The zero-order valence-corrected chi connectivity index (χ0v) is 64.9. The highest BCUT2D eigenvalue weighted by Crippen LogP contribution is 2.50. The Morgan fingerprint density at radius 3 is 0.500 bits per heavy atom. The van der Waals surface area contributed by atoms with Gasteiger partial charge in [-0.15, -0.1) is 0 Å². The van der Waals surface area contributed by atoms with E-state index < -0.39 is 335 Å². The third-order valence-corrected chi connectivity index (χ3v) is 23.5. The van der Waals surface area contributed by atoms with Crippen molar-refractivity contribution in [2.24, 2.45) is 0 Å². The molecule has 12 heterocycles. The fourth-order valence-corrected chi connectivity index (χ4v) is 18.1. The first-order chi connectivity index (χ1) is 56.6. The van der Waals surface area contributed by atoms with Crippen molar-refractivity contribution in [2.75, 3.05) is 4.90 Å². The third-order valence-electron chi connectivity index (χ3n) is 23.5. The van der Waals surface area contributed by atoms with Crippen molar-refractivity contribution in [3.63, 3.8) is 0 Å². The number of carbonyl (C=O) groups excluding carboxylic acids is 3. The number of fused-ring (bicyclic) bond motifs is 12. The van der Waals surface area contributed by atoms with Gasteiger partial charge in [0.05, 0.1) is 130 Å². The predicted octanol–water partition coefficient (Wildman–Crippen LogP) is 2.30. The second-order valence-electron chi connectivity index (χ2n) is 32.0. The number of carbonyl (C=O) groups is 3. The smallest absolute Gasteiger partial charge is 0.266 e. The summed E-state index contributed by atoms with van der Waals surface area (Å²) in [5, 5.41) is -14.0. The molecule has 17 aromatic rings. The summed E-state index contributed by atoms with van der Waals surface area (Å²) >= 11 is 0. The second-order valence-corrected chi connectivity index (χ2v) is 32.0. The number of amides is 3. The van der Waals surface area contributed by atoms with Crippen LogP contribution >= 0.6 is 0 Å². The highest BCUT2D eigenvalue weighted by atomic mass is 16.2. The average molecular weight is 1610 g/mol. The summed E-state index contributed by atoms with van der Waals surface area (Å²) in [6, 6.07) is 4.60. The molecule has 0 N–H and O–H groups in total. The van der Waals surface area contributed by atoms with Crippen LogP contribution in [0, 0.1) is 0 Å². The SMILES string of the molecule is C=C1c2cc3c(cc2C(=O)N1c1c(-n2c(=O)c4cc5c(=O)n(C(C)C)c(=O)c5cc4c2=O)c(-n2c(=O)c4cc5c(=O)n(C(C)C)c(=O)c5cc4c2=O)c(-n2c(=O)c4cc5c(=O)n(C(C)C)c(=O)c5cc4c2=O)c(-n2c(=O)c4cc5c(=O)n(C(C)C)c(=O)c5cc4c2=O)c1-n1c(=O)c2cc4c(=O)n(C(C)C)c(=O)c4cc2c1=O)C(=O)N(C(C)C)C3=O. The molecule has 0 aliphatic carbocycles. The van der Waals surface area contributed by atoms with E-state index in [9.17, 15) is 57.5 Å². The van der Waals surface area contributed by atoms with E-state index in [4.69, 9.17) is 0 Å². The normalized spacial score (nSPS) is 13.7. The summed E-state index contributed by atoms with van der Waals surface area (Å²) in [7, 11) is 0. The third kappa shape index (κ3) is 8.85. The minimum atomic E-state index is -1.77. The van der Waals surface area contributed by atoms with Gasteiger partial charge in [0.25, 0.3) is 129 Å². The van der Waals surface area contributed by atoms with Crippen LogP contribution in [-0.2, 0) is 0 Å². The molecule has 19 rings (SSSR count). The van der Waals surface area contributed by atoms with Crippen LogP contribution < -0.4 is 116 Å². The number of hydrogen-bond acceptors (Lipinski definition) is 23. The molecule has 0 radical (unpaired) electrons. The first-order valence-electron chi connectivity index (χ1n) is 37.7. The van der Waals surface area contributed by atoms with E-state index in [0.717, 1.165) is 101 Å². The van der Waals surface area contributed by atoms with Crippen molar-refractivity contribution in [3.8, 4) is 28.4 Å². The van der Waals surface area contributed by atoms with Crippen LogP contribution in [0.1, 0.15) is 150 Å². The molecule has 0 unspecified atom stereocenters. The van der Waals surface area contributed by atoms with Crippen molar-refractivity contribution >= 4 is 137 Å². The summed E-state index contributed by atoms with van der Waals surface area (Å²) in [5.41, 5.74) is -40.2. The monoisotopic (exact) mass is 1610 g/mol. The Kier molecular flexibility index (Phi) is 14.9. The van der Waals surface area contributed by atoms with Crippen molar-refractivity contribution < 1.29 is 14.4 Å². The zero-order valence-electron chi connectivity index (χ0n) is 64.9. The van der Waals surface area contributed by atoms with Gasteiger partial charge in [-0.25, -0.2) is 22.8 Å². The molecule has 0 spiro atoms. The largest absolute Gasteiger partial charge is 0.273 e. The lowest BCUT2D eigenvalue weighted by atomic mass is 10.0. The molecule has 3 amide bonds. The minimum Gasteiger partial charge on any atom is -0.273 e. The second kappa shape index (κ2) is 24.0. The van der Waals surface area contributed by atoms with Crippen molar-refractivity contribution in [1.82, 2.24) is 50.6 Å². The quantitative estimate of drug-likeness (QED) is 0.158. The maximum atomic E-state index is 17.0. The van der Waals surface area contributed by atoms with Gasteiger partial charge in [0, 0.05) is 41.8 Å². The molecular formula is C85H56N12O23. The van der Waals surface area contributed by atoms with Crippen LogP contribution in [0.2, 0.25) is 0 Å². The summed E-state index contributed by atoms with van der Waals surface area (Å²) in [4.78, 5) is 361. The summed E-state index contributed by atoms with van der Waals surface area (Å²) in [5.74, 6) is -3.50. The molecular weight excluding hydrogens is 1560 g/mol. The maximum absolute atomic E-state index is 17.0. The number of aromatic nitrogens is 10. The number of hydrogen-bond donors (Lipinski definition) is 0. The Labute approximate surface area is 660 Å². The fourth-order valence-electron chi connectivity index (χ4n) is 18.1. The number of nitrogens with zero attached hydrogens (tertiary/aromatic N) is 12. The van der Waals surface area contributed by atoms with Gasteiger partial charge in [-0.05, 0) is 156 Å². The summed E-state index contributed by atoms with van der Waals surface area (Å²) in [6.45, 7) is 21.9. The van der Waals surface area contributed by atoms with Crippen LogP contribution in [0.5, 0.6) is 0 Å². The van der Waals surface area contributed by atoms with E-state index in [1.165, 1.54) is 83.1 Å². The molecule has 35 heteroatoms. The average Bonchev–Trinajstić information content (AvgIpc) is 1.47. The van der Waals surface area contributed by atoms with Gasteiger partial charge >= 0.3 is 0 Å². The van der Waals surface area contributed by atoms with Gasteiger partial charge in [0.1, 0.15) is 34.1 Å². The van der Waals surface area contributed by atoms with E-state index in [1.807, 2.05) is 0 Å². The molecule has 0 atom stereocenters. The Morgan fingerprint density at radius 1 is 0.183 bits per heavy atom. The lowest BCUT2D eigenvalue weighted by molar-refractivity contribution is 0.0608. The van der Waals surface area contributed by atoms with E-state index in [0.29, 0.717) is 4.90 Å². The van der Waals surface area contributed by atoms with Crippen LogP contribution in [0.4, 0.5) is 5.69 Å². The molecule has 0 bridgehead atoms. The van der Waals surface area contributed by atoms with Gasteiger partial charge in [-0.3, -0.25) is 143 Å². The maximum Gasteiger partial charge on any atom is 0.266 e. The molecule has 2 aliphatic rings. The molecule has 35 nitrogen and oxygen atoms in total. The zero-order chi connectivity index (χ0) is 86.1. The van der Waals surface area contributed by atoms with Crippen LogP contribution in [0.3, 0.4) is 0 Å². The number of rotatable bonds is 12. The van der Waals surface area contributed by atoms with E-state index in [-0.39, 0.29) is 22.8 Å². The van der Waals surface area contributed by atoms with E-state index in [2.05, 4.69) is 6.58 Å². The standard InChI is InChI=1S/C85H56N12O23/c1-26(2)86-63(98)35-14-33-32(13)92(75(110)34(33)15-36(35)64(86)99)57-58(93-76(111)47-16-37-38(17-48(47)77(93)112)66(101)87(27(3)4)65(37)100)60(95-80(115)51-20-41-42(21-52(51)81(95)116)70(105)89(29(7)8)69(41)104)62(97-84(119)55-24-45-46(25-56(55)85(97)120)74(109)91(31(11)12)73(45)108)61(96-82(117)53-22-43-44(23-54(53)83(96)118)72(107)90(30(9)10)71(43)106)59(57)94-78(113)49-18-39-40(19-50(49)79(94)114)68(103)88(28(5)6)67(39)102/h14-31H,13H2,1-12H3. The van der Waals surface area contributed by atoms with Gasteiger partial charge in [-0.2, -0.15) is 0 Å². The lowest BCUT2D eigenvalue weighted by Crippen LogP contribution is -2.40. The Morgan fingerprint density at radius 2 is 0.333 bits per heavy atom. The number of anilines is 1. The number of benzene rings is 7. The van der Waals surface area contributed by atoms with Gasteiger partial charge < -0.3 is 0 Å². The molecule has 120 heavy (non-hydrogen) atoms. The van der Waals surface area contributed by atoms with Crippen molar-refractivity contribution in [1.29, 1.82) is 0 Å². The number of imide groups is 1. The van der Waals surface area contributed by atoms with Crippen molar-refractivity contribution in [3.05, 3.63) is 309 Å². The topological polar surface area (TPSA) is 448 Å². The molecule has 594 valence electrons. The highest BCUT2D eigenvalue weighted by Gasteiger charge is 2.48. The minimum absolute atomic E-state index is 0.00262. The fraction of sp³-hybridized carbons (Fsp3) is 0.212. The Hall–Kier alpha value is -15.7. The van der Waals surface area contributed by atoms with Crippen LogP contribution in [-0.4, -0.2) is 74.3 Å². The van der Waals surface area contributed by atoms with Crippen molar-refractivity contribution in [2.45, 2.75) is 119 Å². The van der Waals surface area contributed by atoms with Gasteiger partial charge in [0.15, 0.2) is 0 Å². The van der Waals surface area contributed by atoms with E-state index >= 15 is 52.7 Å². The molecule has 0 fully saturated rings. The lowest BCUT2D eigenvalue weighted by Gasteiger charge is -2.30. The molecule has 10 aromatic heterocycles. The van der Waals surface area contributed by atoms with Crippen LogP contribution in [0.25, 0.3) is 142 Å². The summed E-state index contributed by atoms with van der Waals surface area (Å²) in [6.07, 6.45) is 0. The van der Waals surface area contributed by atoms with E-state index in [1.54, 1.807) is 0 Å². The predicted molar refractivity (Wildman–Crippen MR) is 445 cm³/mol. The Bertz CT molecular complexity index is 8410. The Balaban J connectivity index is 1.15. The van der Waals surface area contributed by atoms with Gasteiger partial charge in [-0.1, -0.05) is 6.58 Å². The molecule has 7 aromatic carbocycles. The van der Waals surface area contributed by atoms with Gasteiger partial charge in [0.2, 0.25) is 0 Å². The summed E-state index contributed by atoms with van der Waals surface area (Å²) < 4.78 is 3.97.